The summed E-state index contributed by atoms with van der Waals surface area (Å²) in [5.41, 5.74) is -1.46. The minimum atomic E-state index is -4.07. The van der Waals surface area contributed by atoms with E-state index in [9.17, 15) is 22.7 Å². The monoisotopic (exact) mass is 303 g/mol. The summed E-state index contributed by atoms with van der Waals surface area (Å²) < 4.78 is 44.7. The predicted octanol–water partition coefficient (Wildman–Crippen LogP) is 0.656. The molecule has 1 saturated heterocycles. The van der Waals surface area contributed by atoms with Gasteiger partial charge in [-0.2, -0.15) is 4.72 Å². The molecule has 0 spiro atoms. The van der Waals surface area contributed by atoms with Gasteiger partial charge in [-0.3, -0.25) is 4.79 Å². The van der Waals surface area contributed by atoms with E-state index >= 15 is 0 Å². The van der Waals surface area contributed by atoms with Crippen LogP contribution in [0.5, 0.6) is 0 Å². The lowest BCUT2D eigenvalue weighted by atomic mass is 10.0. The van der Waals surface area contributed by atoms with E-state index in [2.05, 4.69) is 4.72 Å². The maximum absolute atomic E-state index is 13.0. The van der Waals surface area contributed by atoms with Crippen molar-refractivity contribution in [1.29, 1.82) is 0 Å². The van der Waals surface area contributed by atoms with Crippen LogP contribution in [0, 0.1) is 12.7 Å². The number of nitrogens with one attached hydrogen (secondary N) is 1. The summed E-state index contributed by atoms with van der Waals surface area (Å²) in [7, 11) is -4.07. The molecule has 1 unspecified atom stereocenters. The maximum Gasteiger partial charge on any atom is 0.327 e. The fraction of sp³-hybridized carbons (Fsp3) is 0.417. The average molecular weight is 303 g/mol. The molecule has 1 atom stereocenters. The first-order valence-electron chi connectivity index (χ1n) is 5.88. The third-order valence-electron chi connectivity index (χ3n) is 3.19. The Morgan fingerprint density at radius 3 is 2.70 bits per heavy atom. The predicted molar refractivity (Wildman–Crippen MR) is 67.3 cm³/mol. The number of aliphatic carboxylic acids is 1. The van der Waals surface area contributed by atoms with Gasteiger partial charge in [0.25, 0.3) is 0 Å². The van der Waals surface area contributed by atoms with Crippen molar-refractivity contribution in [1.82, 2.24) is 4.72 Å². The Kier molecular flexibility index (Phi) is 3.81. The number of ether oxygens (including phenoxy) is 1. The largest absolute Gasteiger partial charge is 0.480 e. The van der Waals surface area contributed by atoms with Gasteiger partial charge < -0.3 is 9.84 Å². The molecule has 8 heteroatoms. The van der Waals surface area contributed by atoms with Crippen LogP contribution in [0.15, 0.2) is 23.1 Å². The van der Waals surface area contributed by atoms with E-state index in [0.717, 1.165) is 18.2 Å². The first kappa shape index (κ1) is 14.9. The van der Waals surface area contributed by atoms with Gasteiger partial charge in [-0.05, 0) is 30.7 Å². The second kappa shape index (κ2) is 5.12. The third kappa shape index (κ3) is 2.67. The topological polar surface area (TPSA) is 92.7 Å². The second-order valence-electron chi connectivity index (χ2n) is 4.71. The Labute approximate surface area is 115 Å². The van der Waals surface area contributed by atoms with Crippen molar-refractivity contribution < 1.29 is 27.4 Å². The number of aryl methyl sites for hydroxylation is 1. The number of carbonyl (C=O) groups is 1. The van der Waals surface area contributed by atoms with Gasteiger partial charge in [-0.25, -0.2) is 12.8 Å². The fourth-order valence-electron chi connectivity index (χ4n) is 2.08. The van der Waals surface area contributed by atoms with Crippen LogP contribution in [-0.2, 0) is 19.6 Å². The number of hydrogen-bond acceptors (Lipinski definition) is 4. The third-order valence-corrected chi connectivity index (χ3v) is 4.88. The number of carboxylic acids is 1. The molecule has 1 aromatic carbocycles. The molecule has 1 aromatic rings. The zero-order valence-corrected chi connectivity index (χ0v) is 11.5. The molecule has 1 aliphatic rings. The van der Waals surface area contributed by atoms with E-state index in [4.69, 9.17) is 4.74 Å². The number of carboxylic acid groups (broad SMARTS) is 1. The maximum atomic E-state index is 13.0. The van der Waals surface area contributed by atoms with Crippen LogP contribution < -0.4 is 4.72 Å². The molecule has 110 valence electrons. The lowest BCUT2D eigenvalue weighted by Gasteiger charge is -2.23. The SMILES string of the molecule is Cc1cc(F)ccc1S(=O)(=O)NC1(C(=O)O)CCOC1. The van der Waals surface area contributed by atoms with E-state index < -0.39 is 27.3 Å². The molecular formula is C12H14FNO5S. The molecule has 0 bridgehead atoms. The van der Waals surface area contributed by atoms with Gasteiger partial charge in [0.2, 0.25) is 10.0 Å². The highest BCUT2D eigenvalue weighted by Gasteiger charge is 2.46. The molecule has 0 radical (unpaired) electrons. The van der Waals surface area contributed by atoms with Crippen molar-refractivity contribution in [2.75, 3.05) is 13.2 Å². The van der Waals surface area contributed by atoms with Crippen molar-refractivity contribution in [3.63, 3.8) is 0 Å². The van der Waals surface area contributed by atoms with E-state index in [-0.39, 0.29) is 30.1 Å². The van der Waals surface area contributed by atoms with Crippen molar-refractivity contribution >= 4 is 16.0 Å². The molecule has 2 rings (SSSR count). The molecule has 1 heterocycles. The summed E-state index contributed by atoms with van der Waals surface area (Å²) in [6, 6.07) is 3.20. The van der Waals surface area contributed by atoms with Crippen molar-refractivity contribution in [3.8, 4) is 0 Å². The van der Waals surface area contributed by atoms with Crippen molar-refractivity contribution in [2.45, 2.75) is 23.8 Å². The van der Waals surface area contributed by atoms with Gasteiger partial charge in [0, 0.05) is 13.0 Å². The summed E-state index contributed by atoms with van der Waals surface area (Å²) >= 11 is 0. The van der Waals surface area contributed by atoms with Crippen LogP contribution >= 0.6 is 0 Å². The molecule has 6 nitrogen and oxygen atoms in total. The van der Waals surface area contributed by atoms with Gasteiger partial charge in [0.05, 0.1) is 11.5 Å². The Hall–Kier alpha value is -1.51. The van der Waals surface area contributed by atoms with Gasteiger partial charge in [-0.15, -0.1) is 0 Å². The first-order valence-corrected chi connectivity index (χ1v) is 7.36. The van der Waals surface area contributed by atoms with Gasteiger partial charge in [-0.1, -0.05) is 0 Å². The normalized spacial score (nSPS) is 22.9. The highest BCUT2D eigenvalue weighted by atomic mass is 32.2. The minimum absolute atomic E-state index is 0.0435. The first-order chi connectivity index (χ1) is 9.27. The van der Waals surface area contributed by atoms with Crippen LogP contribution in [0.25, 0.3) is 0 Å². The van der Waals surface area contributed by atoms with Crippen molar-refractivity contribution in [3.05, 3.63) is 29.6 Å². The van der Waals surface area contributed by atoms with Crippen LogP contribution in [0.4, 0.5) is 4.39 Å². The molecule has 20 heavy (non-hydrogen) atoms. The van der Waals surface area contributed by atoms with Gasteiger partial charge in [0.1, 0.15) is 5.82 Å². The lowest BCUT2D eigenvalue weighted by molar-refractivity contribution is -0.144. The molecule has 2 N–H and O–H groups in total. The molecule has 1 aliphatic heterocycles. The molecule has 0 aromatic heterocycles. The number of benzene rings is 1. The fourth-order valence-corrected chi connectivity index (χ4v) is 3.69. The minimum Gasteiger partial charge on any atom is -0.480 e. The second-order valence-corrected chi connectivity index (χ2v) is 6.36. The van der Waals surface area contributed by atoms with Gasteiger partial charge >= 0.3 is 5.97 Å². The lowest BCUT2D eigenvalue weighted by Crippen LogP contribution is -2.55. The van der Waals surface area contributed by atoms with Crippen LogP contribution in [-0.4, -0.2) is 38.2 Å². The zero-order valence-electron chi connectivity index (χ0n) is 10.7. The van der Waals surface area contributed by atoms with Gasteiger partial charge in [0.15, 0.2) is 5.54 Å². The summed E-state index contributed by atoms with van der Waals surface area (Å²) in [6.07, 6.45) is 0.0435. The zero-order chi connectivity index (χ0) is 15.0. The van der Waals surface area contributed by atoms with Crippen LogP contribution in [0.1, 0.15) is 12.0 Å². The van der Waals surface area contributed by atoms with E-state index in [1.807, 2.05) is 0 Å². The van der Waals surface area contributed by atoms with Crippen LogP contribution in [0.3, 0.4) is 0 Å². The Morgan fingerprint density at radius 2 is 2.20 bits per heavy atom. The number of rotatable bonds is 4. The van der Waals surface area contributed by atoms with E-state index in [1.54, 1.807) is 0 Å². The summed E-state index contributed by atoms with van der Waals surface area (Å²) in [5, 5.41) is 9.22. The Morgan fingerprint density at radius 1 is 1.50 bits per heavy atom. The summed E-state index contributed by atoms with van der Waals surface area (Å²) in [6.45, 7) is 1.37. The highest BCUT2D eigenvalue weighted by molar-refractivity contribution is 7.89. The summed E-state index contributed by atoms with van der Waals surface area (Å²) in [4.78, 5) is 11.2. The Balaban J connectivity index is 2.38. The average Bonchev–Trinajstić information content (AvgIpc) is 2.77. The highest BCUT2D eigenvalue weighted by Crippen LogP contribution is 2.24. The quantitative estimate of drug-likeness (QED) is 0.852. The van der Waals surface area contributed by atoms with E-state index in [1.165, 1.54) is 6.92 Å². The standard InChI is InChI=1S/C12H14FNO5S/c1-8-6-9(13)2-3-10(8)20(17,18)14-12(11(15)16)4-5-19-7-12/h2-3,6,14H,4-5,7H2,1H3,(H,15,16). The number of halogens is 1. The van der Waals surface area contributed by atoms with E-state index in [0.29, 0.717) is 0 Å². The molecule has 0 aliphatic carbocycles. The molecule has 1 fully saturated rings. The molecule has 0 saturated carbocycles. The molecule has 0 amide bonds. The smallest absolute Gasteiger partial charge is 0.327 e. The Bertz CT molecular complexity index is 637. The number of sulfonamides is 1. The summed E-state index contributed by atoms with van der Waals surface area (Å²) in [5.74, 6) is -1.85. The molecular weight excluding hydrogens is 289 g/mol. The van der Waals surface area contributed by atoms with Crippen molar-refractivity contribution in [2.24, 2.45) is 0 Å². The number of hydrogen-bond donors (Lipinski definition) is 2. The van der Waals surface area contributed by atoms with Crippen LogP contribution in [0.2, 0.25) is 0 Å².